The Balaban J connectivity index is 1.89. The van der Waals surface area contributed by atoms with Crippen LogP contribution < -0.4 is 10.1 Å². The fraction of sp³-hybridized carbons (Fsp3) is 0.235. The molecule has 114 valence electrons. The highest BCUT2D eigenvalue weighted by Gasteiger charge is 2.72. The van der Waals surface area contributed by atoms with Crippen molar-refractivity contribution in [3.05, 3.63) is 60.2 Å². The topological polar surface area (TPSA) is 38.3 Å². The van der Waals surface area contributed by atoms with E-state index in [1.54, 1.807) is 19.2 Å². The molecule has 1 saturated carbocycles. The lowest BCUT2D eigenvalue weighted by Crippen LogP contribution is -2.32. The number of ether oxygens (including phenoxy) is 1. The Kier molecular flexibility index (Phi) is 3.79. The van der Waals surface area contributed by atoms with Crippen LogP contribution in [0.2, 0.25) is 0 Å². The summed E-state index contributed by atoms with van der Waals surface area (Å²) in [4.78, 5) is 12.8. The van der Waals surface area contributed by atoms with Gasteiger partial charge in [0.05, 0.1) is 7.11 Å². The van der Waals surface area contributed by atoms with Gasteiger partial charge in [0.1, 0.15) is 15.5 Å². The second kappa shape index (κ2) is 5.49. The van der Waals surface area contributed by atoms with Gasteiger partial charge in [0.15, 0.2) is 0 Å². The van der Waals surface area contributed by atoms with Crippen LogP contribution in [-0.4, -0.2) is 17.4 Å². The molecule has 3 rings (SSSR count). The number of carbonyl (C=O) groups is 1. The molecule has 1 amide bonds. The molecule has 5 heteroatoms. The summed E-state index contributed by atoms with van der Waals surface area (Å²) in [5.41, 5.74) is 0.552. The van der Waals surface area contributed by atoms with Gasteiger partial charge in [-0.1, -0.05) is 36.4 Å². The molecule has 0 heterocycles. The van der Waals surface area contributed by atoms with E-state index in [2.05, 4.69) is 5.32 Å². The van der Waals surface area contributed by atoms with Crippen molar-refractivity contribution in [2.24, 2.45) is 0 Å². The zero-order valence-electron chi connectivity index (χ0n) is 12.0. The van der Waals surface area contributed by atoms with Crippen molar-refractivity contribution >= 4 is 34.8 Å². The highest BCUT2D eigenvalue weighted by atomic mass is 35.5. The van der Waals surface area contributed by atoms with E-state index in [1.807, 2.05) is 42.5 Å². The third-order valence-electron chi connectivity index (χ3n) is 3.97. The quantitative estimate of drug-likeness (QED) is 0.852. The summed E-state index contributed by atoms with van der Waals surface area (Å²) in [6.07, 6.45) is 0.392. The van der Waals surface area contributed by atoms with Gasteiger partial charge in [-0.3, -0.25) is 4.79 Å². The SMILES string of the molecule is COc1cccc(NC(=O)[C@@]2(c3ccccc3)CC2(Cl)Cl)c1. The Bertz CT molecular complexity index is 703. The highest BCUT2D eigenvalue weighted by Crippen LogP contribution is 2.65. The average Bonchev–Trinajstić information content (AvgIpc) is 3.12. The third-order valence-corrected chi connectivity index (χ3v) is 4.88. The number of anilines is 1. The number of hydrogen-bond donors (Lipinski definition) is 1. The monoisotopic (exact) mass is 335 g/mol. The van der Waals surface area contributed by atoms with E-state index in [0.717, 1.165) is 5.56 Å². The van der Waals surface area contributed by atoms with Crippen LogP contribution in [0.4, 0.5) is 5.69 Å². The van der Waals surface area contributed by atoms with Gasteiger partial charge >= 0.3 is 0 Å². The molecule has 0 bridgehead atoms. The van der Waals surface area contributed by atoms with Crippen molar-refractivity contribution in [3.63, 3.8) is 0 Å². The molecule has 0 aliphatic heterocycles. The van der Waals surface area contributed by atoms with Gasteiger partial charge in [-0.25, -0.2) is 0 Å². The standard InChI is InChI=1S/C17H15Cl2NO2/c1-22-14-9-5-8-13(10-14)20-15(21)16(11-17(16,18)19)12-6-3-2-4-7-12/h2-10H,11H2,1H3,(H,20,21)/t16-/m0/s1. The fourth-order valence-corrected chi connectivity index (χ4v) is 3.43. The molecule has 1 aliphatic carbocycles. The van der Waals surface area contributed by atoms with Crippen LogP contribution in [0, 0.1) is 0 Å². The maximum absolute atomic E-state index is 12.8. The lowest BCUT2D eigenvalue weighted by atomic mass is 9.94. The molecule has 0 radical (unpaired) electrons. The number of rotatable bonds is 4. The van der Waals surface area contributed by atoms with Crippen LogP contribution in [0.3, 0.4) is 0 Å². The molecule has 2 aromatic carbocycles. The number of carbonyl (C=O) groups excluding carboxylic acids is 1. The summed E-state index contributed by atoms with van der Waals surface area (Å²) >= 11 is 12.6. The molecule has 1 aliphatic rings. The molecule has 0 spiro atoms. The minimum atomic E-state index is -1.09. The number of methoxy groups -OCH3 is 1. The van der Waals surface area contributed by atoms with Crippen LogP contribution in [0.15, 0.2) is 54.6 Å². The molecule has 2 aromatic rings. The third kappa shape index (κ3) is 2.44. The Morgan fingerprint density at radius 2 is 1.82 bits per heavy atom. The number of nitrogens with one attached hydrogen (secondary N) is 1. The smallest absolute Gasteiger partial charge is 0.238 e. The summed E-state index contributed by atoms with van der Waals surface area (Å²) < 4.78 is 4.07. The van der Waals surface area contributed by atoms with Crippen molar-refractivity contribution in [3.8, 4) is 5.75 Å². The fourth-order valence-electron chi connectivity index (χ4n) is 2.64. The predicted octanol–water partition coefficient (Wildman–Crippen LogP) is 4.15. The molecule has 0 aromatic heterocycles. The minimum absolute atomic E-state index is 0.211. The molecule has 1 fully saturated rings. The largest absolute Gasteiger partial charge is 0.497 e. The van der Waals surface area contributed by atoms with E-state index in [4.69, 9.17) is 27.9 Å². The van der Waals surface area contributed by atoms with Crippen molar-refractivity contribution in [1.29, 1.82) is 0 Å². The normalized spacial score (nSPS) is 22.0. The Morgan fingerprint density at radius 3 is 2.41 bits per heavy atom. The van der Waals surface area contributed by atoms with Crippen LogP contribution >= 0.6 is 23.2 Å². The Morgan fingerprint density at radius 1 is 1.14 bits per heavy atom. The molecule has 0 saturated heterocycles. The van der Waals surface area contributed by atoms with E-state index in [-0.39, 0.29) is 5.91 Å². The van der Waals surface area contributed by atoms with Crippen LogP contribution in [0.1, 0.15) is 12.0 Å². The summed E-state index contributed by atoms with van der Waals surface area (Å²) in [5, 5.41) is 2.89. The number of alkyl halides is 2. The van der Waals surface area contributed by atoms with E-state index in [0.29, 0.717) is 17.9 Å². The van der Waals surface area contributed by atoms with E-state index in [1.165, 1.54) is 0 Å². The number of hydrogen-bond acceptors (Lipinski definition) is 2. The second-order valence-electron chi connectivity index (χ2n) is 5.34. The molecule has 3 nitrogen and oxygen atoms in total. The van der Waals surface area contributed by atoms with Gasteiger partial charge in [-0.2, -0.15) is 0 Å². The van der Waals surface area contributed by atoms with Gasteiger partial charge < -0.3 is 10.1 Å². The highest BCUT2D eigenvalue weighted by molar-refractivity contribution is 6.54. The number of benzene rings is 2. The second-order valence-corrected chi connectivity index (χ2v) is 6.82. The molecular formula is C17H15Cl2NO2. The summed E-state index contributed by atoms with van der Waals surface area (Å²) in [7, 11) is 1.58. The van der Waals surface area contributed by atoms with E-state index < -0.39 is 9.75 Å². The van der Waals surface area contributed by atoms with Crippen LogP contribution in [0.25, 0.3) is 0 Å². The molecular weight excluding hydrogens is 321 g/mol. The maximum Gasteiger partial charge on any atom is 0.238 e. The lowest BCUT2D eigenvalue weighted by Gasteiger charge is -2.18. The zero-order chi connectivity index (χ0) is 15.8. The van der Waals surface area contributed by atoms with Crippen LogP contribution in [0.5, 0.6) is 5.75 Å². The van der Waals surface area contributed by atoms with Crippen molar-refractivity contribution in [1.82, 2.24) is 0 Å². The first kappa shape index (κ1) is 15.2. The van der Waals surface area contributed by atoms with Gasteiger partial charge in [0.2, 0.25) is 5.91 Å². The van der Waals surface area contributed by atoms with Crippen molar-refractivity contribution < 1.29 is 9.53 Å². The first-order valence-corrected chi connectivity index (χ1v) is 7.64. The molecule has 0 unspecified atom stereocenters. The Labute approximate surface area is 139 Å². The molecule has 22 heavy (non-hydrogen) atoms. The summed E-state index contributed by atoms with van der Waals surface area (Å²) in [6.45, 7) is 0. The van der Waals surface area contributed by atoms with Gasteiger partial charge in [-0.05, 0) is 17.7 Å². The van der Waals surface area contributed by atoms with Gasteiger partial charge in [-0.15, -0.1) is 23.2 Å². The minimum Gasteiger partial charge on any atom is -0.497 e. The molecule has 1 atom stereocenters. The first-order chi connectivity index (χ1) is 10.5. The number of halogens is 2. The summed E-state index contributed by atoms with van der Waals surface area (Å²) in [6, 6.07) is 16.6. The van der Waals surface area contributed by atoms with E-state index >= 15 is 0 Å². The van der Waals surface area contributed by atoms with Crippen molar-refractivity contribution in [2.45, 2.75) is 16.2 Å². The average molecular weight is 336 g/mol. The van der Waals surface area contributed by atoms with Gasteiger partial charge in [0, 0.05) is 18.2 Å². The Hall–Kier alpha value is -1.71. The lowest BCUT2D eigenvalue weighted by molar-refractivity contribution is -0.118. The van der Waals surface area contributed by atoms with Gasteiger partial charge in [0.25, 0.3) is 0 Å². The van der Waals surface area contributed by atoms with E-state index in [9.17, 15) is 4.79 Å². The first-order valence-electron chi connectivity index (χ1n) is 6.88. The zero-order valence-corrected chi connectivity index (χ0v) is 13.5. The predicted molar refractivity (Wildman–Crippen MR) is 88.8 cm³/mol. The van der Waals surface area contributed by atoms with Crippen molar-refractivity contribution in [2.75, 3.05) is 12.4 Å². The van der Waals surface area contributed by atoms with Crippen LogP contribution in [-0.2, 0) is 10.2 Å². The molecule has 1 N–H and O–H groups in total. The summed E-state index contributed by atoms with van der Waals surface area (Å²) in [5.74, 6) is 0.460. The number of amides is 1. The maximum atomic E-state index is 12.8.